The lowest BCUT2D eigenvalue weighted by molar-refractivity contribution is -0.292. The number of aliphatic imine (C=N–C) groups is 2. The smallest absolute Gasteiger partial charge is 0.332 e. The molecule has 0 fully saturated rings. The molecule has 0 amide bonds. The Kier molecular flexibility index (Phi) is 10.1. The molecule has 0 spiro atoms. The van der Waals surface area contributed by atoms with Crippen molar-refractivity contribution in [3.63, 3.8) is 0 Å². The highest BCUT2D eigenvalue weighted by molar-refractivity contribution is 5.71. The molecular formula is C23H26N4O6. The van der Waals surface area contributed by atoms with Crippen LogP contribution in [0.1, 0.15) is 42.4 Å². The molecule has 10 heteroatoms. The largest absolute Gasteiger partial charge is 0.343 e. The van der Waals surface area contributed by atoms with Gasteiger partial charge < -0.3 is 4.84 Å². The summed E-state index contributed by atoms with van der Waals surface area (Å²) in [5, 5.41) is 8.76. The number of benzene rings is 2. The lowest BCUT2D eigenvalue weighted by atomic mass is 9.82. The number of hydrogen-bond donors (Lipinski definition) is 3. The van der Waals surface area contributed by atoms with Gasteiger partial charge in [-0.15, -0.1) is 4.99 Å². The second kappa shape index (κ2) is 13.0. The molecule has 0 saturated heterocycles. The van der Waals surface area contributed by atoms with Gasteiger partial charge in [-0.05, 0) is 54.7 Å². The summed E-state index contributed by atoms with van der Waals surface area (Å²) in [6.45, 7) is 5.74. The molecule has 10 nitrogen and oxygen atoms in total. The molecule has 0 heterocycles. The molecule has 0 bridgehead atoms. The Balaban J connectivity index is 2.15. The number of isocyanates is 2. The summed E-state index contributed by atoms with van der Waals surface area (Å²) in [6.07, 6.45) is 3.71. The zero-order chi connectivity index (χ0) is 24.2. The fourth-order valence-corrected chi connectivity index (χ4v) is 3.50. The van der Waals surface area contributed by atoms with E-state index in [0.29, 0.717) is 23.5 Å². The van der Waals surface area contributed by atoms with Crippen LogP contribution >= 0.6 is 0 Å². The monoisotopic (exact) mass is 454 g/mol. The Morgan fingerprint density at radius 1 is 1.06 bits per heavy atom. The summed E-state index contributed by atoms with van der Waals surface area (Å²) in [7, 11) is 0. The predicted molar refractivity (Wildman–Crippen MR) is 120 cm³/mol. The van der Waals surface area contributed by atoms with E-state index in [9.17, 15) is 14.4 Å². The minimum Gasteiger partial charge on any atom is -0.343 e. The number of carbonyl (C=O) groups excluding carboxylic acids is 3. The minimum atomic E-state index is -0.504. The number of rotatable bonds is 12. The van der Waals surface area contributed by atoms with E-state index in [4.69, 9.17) is 10.1 Å². The van der Waals surface area contributed by atoms with E-state index in [2.05, 4.69) is 25.9 Å². The Morgan fingerprint density at radius 3 is 2.30 bits per heavy atom. The Hall–Kier alpha value is -3.65. The third-order valence-corrected chi connectivity index (χ3v) is 5.38. The molecule has 2 aromatic rings. The van der Waals surface area contributed by atoms with E-state index in [-0.39, 0.29) is 24.8 Å². The summed E-state index contributed by atoms with van der Waals surface area (Å²) in [5.74, 6) is -0.953. The van der Waals surface area contributed by atoms with Gasteiger partial charge in [-0.3, -0.25) is 0 Å². The van der Waals surface area contributed by atoms with Gasteiger partial charge in [0.15, 0.2) is 0 Å². The van der Waals surface area contributed by atoms with Gasteiger partial charge in [0.1, 0.15) is 0 Å². The predicted octanol–water partition coefficient (Wildman–Crippen LogP) is 4.30. The van der Waals surface area contributed by atoms with Crippen molar-refractivity contribution in [2.24, 2.45) is 15.9 Å². The van der Waals surface area contributed by atoms with Gasteiger partial charge >= 0.3 is 5.97 Å². The summed E-state index contributed by atoms with van der Waals surface area (Å²) in [4.78, 5) is 50.4. The van der Waals surface area contributed by atoms with Crippen LogP contribution in [0.15, 0.2) is 46.4 Å². The number of nitrogens with one attached hydrogen (secondary N) is 2. The van der Waals surface area contributed by atoms with Crippen LogP contribution in [0.2, 0.25) is 0 Å². The molecule has 0 aliphatic carbocycles. The first kappa shape index (κ1) is 25.6. The van der Waals surface area contributed by atoms with Crippen LogP contribution in [0.25, 0.3) is 0 Å². The zero-order valence-corrected chi connectivity index (χ0v) is 18.6. The maximum Gasteiger partial charge on any atom is 0.332 e. The average molecular weight is 454 g/mol. The molecule has 2 atom stereocenters. The number of hydrogen-bond acceptors (Lipinski definition) is 10. The van der Waals surface area contributed by atoms with E-state index < -0.39 is 5.97 Å². The van der Waals surface area contributed by atoms with Crippen LogP contribution in [0.4, 0.5) is 17.1 Å². The standard InChI is InChI=1S/C23H26N4O6/c1-4-17(10-23(30)32-27-19-8-6-16(3)22(11-19)25-14-29)20(12-26-33-31)18-7-5-15(2)21(9-18)24-13-28/h5-9,11,17,20,26-27,31H,4,10,12H2,1-3H3. The van der Waals surface area contributed by atoms with Crippen molar-refractivity contribution in [1.82, 2.24) is 5.48 Å². The van der Waals surface area contributed by atoms with Crippen LogP contribution < -0.4 is 11.0 Å². The lowest BCUT2D eigenvalue weighted by Crippen LogP contribution is -2.28. The van der Waals surface area contributed by atoms with E-state index in [1.165, 1.54) is 6.08 Å². The van der Waals surface area contributed by atoms with Crippen molar-refractivity contribution in [2.45, 2.75) is 39.5 Å². The molecule has 2 aromatic carbocycles. The van der Waals surface area contributed by atoms with E-state index in [0.717, 1.165) is 16.7 Å². The molecule has 0 aliphatic heterocycles. The first-order valence-corrected chi connectivity index (χ1v) is 10.3. The first-order valence-electron chi connectivity index (χ1n) is 10.3. The van der Waals surface area contributed by atoms with Crippen molar-refractivity contribution < 1.29 is 29.5 Å². The number of anilines is 1. The molecule has 33 heavy (non-hydrogen) atoms. The van der Waals surface area contributed by atoms with Crippen LogP contribution in [0.5, 0.6) is 0 Å². The summed E-state index contributed by atoms with van der Waals surface area (Å²) >= 11 is 0. The third-order valence-electron chi connectivity index (χ3n) is 5.38. The summed E-state index contributed by atoms with van der Waals surface area (Å²) in [5.41, 5.74) is 8.74. The van der Waals surface area contributed by atoms with E-state index >= 15 is 0 Å². The lowest BCUT2D eigenvalue weighted by Gasteiger charge is -2.26. The van der Waals surface area contributed by atoms with Crippen molar-refractivity contribution in [1.29, 1.82) is 0 Å². The Bertz CT molecular complexity index is 1060. The van der Waals surface area contributed by atoms with Gasteiger partial charge in [-0.25, -0.2) is 25.1 Å². The maximum absolute atomic E-state index is 12.6. The Labute approximate surface area is 191 Å². The molecule has 0 aliphatic rings. The number of nitrogens with zero attached hydrogens (tertiary/aromatic N) is 2. The van der Waals surface area contributed by atoms with Crippen LogP contribution in [0, 0.1) is 19.8 Å². The highest BCUT2D eigenvalue weighted by Gasteiger charge is 2.26. The molecule has 0 aromatic heterocycles. The minimum absolute atomic E-state index is 0.0621. The van der Waals surface area contributed by atoms with Gasteiger partial charge in [0.05, 0.1) is 23.5 Å². The summed E-state index contributed by atoms with van der Waals surface area (Å²) < 4.78 is 0. The average Bonchev–Trinajstić information content (AvgIpc) is 2.81. The molecule has 3 N–H and O–H groups in total. The molecule has 2 rings (SSSR count). The number of aryl methyl sites for hydroxylation is 2. The van der Waals surface area contributed by atoms with Gasteiger partial charge in [0, 0.05) is 12.5 Å². The van der Waals surface area contributed by atoms with Crippen molar-refractivity contribution in [3.05, 3.63) is 53.1 Å². The second-order valence-electron chi connectivity index (χ2n) is 7.45. The molecular weight excluding hydrogens is 428 g/mol. The van der Waals surface area contributed by atoms with Crippen molar-refractivity contribution >= 4 is 35.2 Å². The van der Waals surface area contributed by atoms with Crippen LogP contribution in [0.3, 0.4) is 0 Å². The Morgan fingerprint density at radius 2 is 1.70 bits per heavy atom. The van der Waals surface area contributed by atoms with Gasteiger partial charge in [-0.1, -0.05) is 31.5 Å². The summed E-state index contributed by atoms with van der Waals surface area (Å²) in [6, 6.07) is 10.4. The maximum atomic E-state index is 12.6. The van der Waals surface area contributed by atoms with E-state index in [1.54, 1.807) is 37.3 Å². The SMILES string of the molecule is CCC(CC(=O)ONc1ccc(C)c(N=C=O)c1)C(CNOO)c1ccc(C)c(N=C=O)c1. The quantitative estimate of drug-likeness (QED) is 0.187. The second-order valence-corrected chi connectivity index (χ2v) is 7.45. The molecule has 0 radical (unpaired) electrons. The van der Waals surface area contributed by atoms with E-state index in [1.807, 2.05) is 26.0 Å². The molecule has 2 unspecified atom stereocenters. The highest BCUT2D eigenvalue weighted by Crippen LogP contribution is 2.33. The van der Waals surface area contributed by atoms with Crippen molar-refractivity contribution in [2.75, 3.05) is 12.0 Å². The van der Waals surface area contributed by atoms with Gasteiger partial charge in [-0.2, -0.15) is 15.5 Å². The fourth-order valence-electron chi connectivity index (χ4n) is 3.50. The van der Waals surface area contributed by atoms with Crippen LogP contribution in [-0.2, 0) is 24.2 Å². The highest BCUT2D eigenvalue weighted by atomic mass is 17.2. The number of carbonyl (C=O) groups is 1. The normalized spacial score (nSPS) is 12.1. The molecule has 174 valence electrons. The molecule has 0 saturated carbocycles. The third kappa shape index (κ3) is 7.47. The van der Waals surface area contributed by atoms with Gasteiger partial charge in [0.2, 0.25) is 12.2 Å². The fraction of sp³-hybridized carbons (Fsp3) is 0.348. The first-order chi connectivity index (χ1) is 15.9. The number of hydroxylamine groups is 1. The van der Waals surface area contributed by atoms with Crippen molar-refractivity contribution in [3.8, 4) is 0 Å². The zero-order valence-electron chi connectivity index (χ0n) is 18.6. The van der Waals surface area contributed by atoms with Crippen LogP contribution in [-0.4, -0.2) is 29.9 Å². The van der Waals surface area contributed by atoms with Gasteiger partial charge in [0.25, 0.3) is 0 Å². The topological polar surface area (TPSA) is 139 Å².